The van der Waals surface area contributed by atoms with Crippen LogP contribution in [0.25, 0.3) is 5.52 Å². The monoisotopic (exact) mass is 392 g/mol. The fourth-order valence-electron chi connectivity index (χ4n) is 3.43. The molecule has 4 rings (SSSR count). The van der Waals surface area contributed by atoms with Crippen molar-refractivity contribution in [1.29, 1.82) is 0 Å². The van der Waals surface area contributed by atoms with Crippen LogP contribution in [0.3, 0.4) is 0 Å². The van der Waals surface area contributed by atoms with Gasteiger partial charge in [0.05, 0.1) is 12.2 Å². The van der Waals surface area contributed by atoms with Gasteiger partial charge in [-0.25, -0.2) is 14.3 Å². The number of hydrogen-bond donors (Lipinski definition) is 1. The van der Waals surface area contributed by atoms with E-state index in [0.717, 1.165) is 29.7 Å². The molecule has 2 aromatic heterocycles. The van der Waals surface area contributed by atoms with E-state index in [1.54, 1.807) is 17.6 Å². The lowest BCUT2D eigenvalue weighted by molar-refractivity contribution is 0.0525. The predicted octanol–water partition coefficient (Wildman–Crippen LogP) is 4.25. The molecule has 0 atom stereocenters. The van der Waals surface area contributed by atoms with Crippen molar-refractivity contribution in [3.8, 4) is 0 Å². The summed E-state index contributed by atoms with van der Waals surface area (Å²) in [5.41, 5.74) is 4.41. The first-order valence-corrected chi connectivity index (χ1v) is 9.88. The highest BCUT2D eigenvalue weighted by molar-refractivity contribution is 5.98. The maximum atomic E-state index is 12.5. The first-order chi connectivity index (χ1) is 14.0. The maximum absolute atomic E-state index is 12.5. The number of benzene rings is 1. The van der Waals surface area contributed by atoms with Gasteiger partial charge in [0.25, 0.3) is 0 Å². The third-order valence-corrected chi connectivity index (χ3v) is 5.31. The molecule has 0 radical (unpaired) electrons. The molecule has 1 aliphatic rings. The fourth-order valence-corrected chi connectivity index (χ4v) is 3.43. The molecule has 0 aliphatic heterocycles. The number of nitrogens with zero attached hydrogens (tertiary/aromatic N) is 3. The minimum Gasteiger partial charge on any atom is -0.462 e. The Labute approximate surface area is 169 Å². The number of carbonyl (C=O) groups excluding carboxylic acids is 2. The Balaban J connectivity index is 1.69. The minimum absolute atomic E-state index is 0.173. The highest BCUT2D eigenvalue weighted by atomic mass is 16.5. The van der Waals surface area contributed by atoms with E-state index >= 15 is 0 Å². The predicted molar refractivity (Wildman–Crippen MR) is 110 cm³/mol. The lowest BCUT2D eigenvalue weighted by Crippen LogP contribution is -2.05. The summed E-state index contributed by atoms with van der Waals surface area (Å²) in [6.45, 7) is 5.90. The number of esters is 1. The van der Waals surface area contributed by atoms with Crippen LogP contribution in [0.15, 0.2) is 30.7 Å². The number of anilines is 2. The molecule has 150 valence electrons. The van der Waals surface area contributed by atoms with E-state index < -0.39 is 0 Å². The van der Waals surface area contributed by atoms with Crippen molar-refractivity contribution in [2.45, 2.75) is 40.0 Å². The third-order valence-electron chi connectivity index (χ3n) is 5.31. The van der Waals surface area contributed by atoms with Crippen molar-refractivity contribution in [3.05, 3.63) is 53.0 Å². The van der Waals surface area contributed by atoms with Crippen LogP contribution < -0.4 is 5.32 Å². The van der Waals surface area contributed by atoms with E-state index in [1.165, 1.54) is 6.33 Å². The van der Waals surface area contributed by atoms with Gasteiger partial charge in [-0.15, -0.1) is 0 Å². The molecule has 1 fully saturated rings. The topological polar surface area (TPSA) is 85.6 Å². The quantitative estimate of drug-likeness (QED) is 0.478. The van der Waals surface area contributed by atoms with Crippen LogP contribution in [0, 0.1) is 19.8 Å². The van der Waals surface area contributed by atoms with Crippen LogP contribution in [0.1, 0.15) is 58.0 Å². The SMILES string of the molecule is CCOC(=O)c1cn2ncnc(Nc3cc(C(=O)CC4CC4)ccc3C)c2c1C. The van der Waals surface area contributed by atoms with Crippen molar-refractivity contribution in [2.75, 3.05) is 11.9 Å². The molecule has 1 saturated carbocycles. The van der Waals surface area contributed by atoms with Gasteiger partial charge in [-0.05, 0) is 56.7 Å². The third kappa shape index (κ3) is 3.85. The summed E-state index contributed by atoms with van der Waals surface area (Å²) in [6, 6.07) is 5.70. The molecule has 3 aromatic rings. The van der Waals surface area contributed by atoms with E-state index in [2.05, 4.69) is 15.4 Å². The summed E-state index contributed by atoms with van der Waals surface area (Å²) in [7, 11) is 0. The number of aryl methyl sites for hydroxylation is 2. The van der Waals surface area contributed by atoms with Crippen LogP contribution >= 0.6 is 0 Å². The second kappa shape index (κ2) is 7.66. The van der Waals surface area contributed by atoms with E-state index in [0.29, 0.717) is 41.4 Å². The second-order valence-corrected chi connectivity index (χ2v) is 7.52. The molecule has 0 bridgehead atoms. The Morgan fingerprint density at radius 2 is 2.07 bits per heavy atom. The number of ether oxygens (including phenoxy) is 1. The average molecular weight is 392 g/mol. The zero-order valence-corrected chi connectivity index (χ0v) is 16.9. The maximum Gasteiger partial charge on any atom is 0.340 e. The van der Waals surface area contributed by atoms with Crippen LogP contribution in [-0.2, 0) is 4.74 Å². The van der Waals surface area contributed by atoms with Gasteiger partial charge in [0.1, 0.15) is 11.8 Å². The van der Waals surface area contributed by atoms with E-state index in [-0.39, 0.29) is 11.8 Å². The molecular formula is C22H24N4O3. The van der Waals surface area contributed by atoms with E-state index in [9.17, 15) is 9.59 Å². The van der Waals surface area contributed by atoms with Crippen molar-refractivity contribution in [3.63, 3.8) is 0 Å². The Kier molecular flexibility index (Phi) is 5.05. The van der Waals surface area contributed by atoms with Crippen LogP contribution in [0.5, 0.6) is 0 Å². The summed E-state index contributed by atoms with van der Waals surface area (Å²) >= 11 is 0. The highest BCUT2D eigenvalue weighted by Gasteiger charge is 2.25. The summed E-state index contributed by atoms with van der Waals surface area (Å²) in [5, 5.41) is 7.55. The van der Waals surface area contributed by atoms with Crippen LogP contribution in [-0.4, -0.2) is 33.0 Å². The Morgan fingerprint density at radius 3 is 2.79 bits per heavy atom. The van der Waals surface area contributed by atoms with Gasteiger partial charge in [0, 0.05) is 23.9 Å². The molecule has 2 heterocycles. The van der Waals surface area contributed by atoms with Gasteiger partial charge in [0.2, 0.25) is 0 Å². The molecule has 1 aliphatic carbocycles. The zero-order chi connectivity index (χ0) is 20.5. The van der Waals surface area contributed by atoms with Gasteiger partial charge in [0.15, 0.2) is 11.6 Å². The van der Waals surface area contributed by atoms with Gasteiger partial charge in [-0.2, -0.15) is 5.10 Å². The molecule has 0 unspecified atom stereocenters. The zero-order valence-electron chi connectivity index (χ0n) is 16.9. The number of ketones is 1. The Morgan fingerprint density at radius 1 is 1.28 bits per heavy atom. The molecule has 7 nitrogen and oxygen atoms in total. The van der Waals surface area contributed by atoms with Gasteiger partial charge in [-0.3, -0.25) is 4.79 Å². The number of Topliss-reactive ketones (excluding diaryl/α,β-unsaturated/α-hetero) is 1. The smallest absolute Gasteiger partial charge is 0.340 e. The summed E-state index contributed by atoms with van der Waals surface area (Å²) in [6.07, 6.45) is 6.00. The Bertz CT molecular complexity index is 1100. The first-order valence-electron chi connectivity index (χ1n) is 9.88. The number of fused-ring (bicyclic) bond motifs is 1. The first kappa shape index (κ1) is 19.1. The fraction of sp³-hybridized carbons (Fsp3) is 0.364. The van der Waals surface area contributed by atoms with E-state index in [1.807, 2.05) is 32.0 Å². The van der Waals surface area contributed by atoms with Gasteiger partial charge < -0.3 is 10.1 Å². The molecule has 7 heteroatoms. The Hall–Kier alpha value is -3.22. The minimum atomic E-state index is -0.384. The van der Waals surface area contributed by atoms with Crippen LogP contribution in [0.2, 0.25) is 0 Å². The molecule has 0 amide bonds. The largest absolute Gasteiger partial charge is 0.462 e. The van der Waals surface area contributed by atoms with Crippen molar-refractivity contribution in [2.24, 2.45) is 5.92 Å². The number of nitrogens with one attached hydrogen (secondary N) is 1. The van der Waals surface area contributed by atoms with E-state index in [4.69, 9.17) is 4.74 Å². The molecule has 1 aromatic carbocycles. The lowest BCUT2D eigenvalue weighted by Gasteiger charge is -2.12. The number of carbonyl (C=O) groups is 2. The average Bonchev–Trinajstić information content (AvgIpc) is 3.44. The summed E-state index contributed by atoms with van der Waals surface area (Å²) in [5.74, 6) is 0.909. The number of aromatic nitrogens is 3. The molecular weight excluding hydrogens is 368 g/mol. The van der Waals surface area contributed by atoms with Crippen molar-refractivity contribution >= 4 is 28.8 Å². The molecule has 0 spiro atoms. The van der Waals surface area contributed by atoms with Gasteiger partial charge >= 0.3 is 5.97 Å². The lowest BCUT2D eigenvalue weighted by atomic mass is 10.0. The van der Waals surface area contributed by atoms with Gasteiger partial charge in [-0.1, -0.05) is 12.1 Å². The molecule has 29 heavy (non-hydrogen) atoms. The normalized spacial score (nSPS) is 13.5. The van der Waals surface area contributed by atoms with Crippen LogP contribution in [0.4, 0.5) is 11.5 Å². The number of rotatable bonds is 7. The summed E-state index contributed by atoms with van der Waals surface area (Å²) < 4.78 is 6.76. The van der Waals surface area contributed by atoms with Crippen molar-refractivity contribution in [1.82, 2.24) is 14.6 Å². The molecule has 1 N–H and O–H groups in total. The highest BCUT2D eigenvalue weighted by Crippen LogP contribution is 2.34. The standard InChI is InChI=1S/C22H24N4O3/c1-4-29-22(28)17-11-26-20(14(17)3)21(23-12-24-26)25-18-10-16(8-5-13(18)2)19(27)9-15-6-7-15/h5,8,10-12,15H,4,6-7,9H2,1-3H3,(H,23,24,25). The second-order valence-electron chi connectivity index (χ2n) is 7.52. The molecule has 0 saturated heterocycles. The van der Waals surface area contributed by atoms with Crippen molar-refractivity contribution < 1.29 is 14.3 Å². The number of hydrogen-bond acceptors (Lipinski definition) is 6. The summed E-state index contributed by atoms with van der Waals surface area (Å²) in [4.78, 5) is 29.1.